The van der Waals surface area contributed by atoms with E-state index in [0.29, 0.717) is 12.5 Å². The van der Waals surface area contributed by atoms with E-state index >= 15 is 0 Å². The maximum atomic E-state index is 12.9. The molecular formula is C24H29N5O3. The molecule has 0 radical (unpaired) electrons. The maximum absolute atomic E-state index is 12.9. The zero-order valence-electron chi connectivity index (χ0n) is 18.5. The second-order valence-electron chi connectivity index (χ2n) is 8.79. The molecular weight excluding hydrogens is 406 g/mol. The maximum Gasteiger partial charge on any atom is 0.328 e. The van der Waals surface area contributed by atoms with Crippen LogP contribution in [0.2, 0.25) is 0 Å². The van der Waals surface area contributed by atoms with E-state index in [1.807, 2.05) is 58.3 Å². The minimum atomic E-state index is -0.00743. The summed E-state index contributed by atoms with van der Waals surface area (Å²) in [5.74, 6) is 1.99. The Kier molecular flexibility index (Phi) is 5.28. The quantitative estimate of drug-likeness (QED) is 0.754. The van der Waals surface area contributed by atoms with Gasteiger partial charge in [0, 0.05) is 38.0 Å². The lowest BCUT2D eigenvalue weighted by Crippen LogP contribution is -2.40. The van der Waals surface area contributed by atoms with Crippen molar-refractivity contribution in [3.8, 4) is 5.75 Å². The van der Waals surface area contributed by atoms with Crippen molar-refractivity contribution in [1.82, 2.24) is 24.7 Å². The number of hydrogen-bond donors (Lipinski definition) is 2. The fourth-order valence-electron chi connectivity index (χ4n) is 4.99. The van der Waals surface area contributed by atoms with Gasteiger partial charge in [0.2, 0.25) is 5.91 Å². The number of methoxy groups -OCH3 is 1. The van der Waals surface area contributed by atoms with E-state index in [4.69, 9.17) is 4.74 Å². The van der Waals surface area contributed by atoms with Crippen LogP contribution in [-0.2, 0) is 18.4 Å². The van der Waals surface area contributed by atoms with E-state index in [1.54, 1.807) is 18.7 Å². The van der Waals surface area contributed by atoms with Crippen LogP contribution in [-0.4, -0.2) is 33.2 Å². The van der Waals surface area contributed by atoms with Crippen LogP contribution in [0.4, 0.5) is 0 Å². The molecule has 0 spiro atoms. The normalized spacial score (nSPS) is 24.2. The molecule has 3 aliphatic rings. The van der Waals surface area contributed by atoms with Gasteiger partial charge in [-0.2, -0.15) is 0 Å². The van der Waals surface area contributed by atoms with Crippen molar-refractivity contribution in [3.05, 3.63) is 65.1 Å². The van der Waals surface area contributed by atoms with Crippen LogP contribution in [0, 0.1) is 11.8 Å². The zero-order chi connectivity index (χ0) is 22.2. The number of aromatic nitrogens is 2. The fourth-order valence-corrected chi connectivity index (χ4v) is 4.99. The Labute approximate surface area is 186 Å². The number of carbonyl (C=O) groups excluding carboxylic acids is 1. The second-order valence-corrected chi connectivity index (χ2v) is 8.79. The number of ether oxygens (including phenoxy) is 1. The third-order valence-corrected chi connectivity index (χ3v) is 6.88. The molecule has 0 saturated heterocycles. The Morgan fingerprint density at radius 1 is 1.19 bits per heavy atom. The number of aryl methyl sites for hydroxylation is 1. The zero-order valence-corrected chi connectivity index (χ0v) is 18.5. The van der Waals surface area contributed by atoms with Gasteiger partial charge < -0.3 is 20.3 Å². The van der Waals surface area contributed by atoms with E-state index in [0.717, 1.165) is 48.3 Å². The molecule has 1 fully saturated rings. The highest BCUT2D eigenvalue weighted by atomic mass is 16.5. The van der Waals surface area contributed by atoms with Gasteiger partial charge in [-0.25, -0.2) is 4.79 Å². The Hall–Kier alpha value is -3.42. The lowest BCUT2D eigenvalue weighted by molar-refractivity contribution is -0.125. The molecule has 1 aromatic carbocycles. The predicted molar refractivity (Wildman–Crippen MR) is 122 cm³/mol. The standard InChI is InChI=1S/C24H29N5O3/c1-27-19-11-10-18(32-2)13-20(19)29(24(27)31)15-16-6-8-17(9-7-16)23(30)26-22-14-25-21-5-3-4-12-28(21)22/h3-5,10-14,16-17,21,25H,6-9,15H2,1-2H3,(H,26,30). The van der Waals surface area contributed by atoms with Crippen LogP contribution in [0.5, 0.6) is 5.75 Å². The third kappa shape index (κ3) is 3.59. The van der Waals surface area contributed by atoms with Crippen LogP contribution >= 0.6 is 0 Å². The highest BCUT2D eigenvalue weighted by molar-refractivity contribution is 5.80. The third-order valence-electron chi connectivity index (χ3n) is 6.88. The van der Waals surface area contributed by atoms with Crippen LogP contribution in [0.1, 0.15) is 25.7 Å². The molecule has 1 aromatic heterocycles. The molecule has 8 heteroatoms. The number of carbonyl (C=O) groups is 1. The molecule has 8 nitrogen and oxygen atoms in total. The molecule has 2 N–H and O–H groups in total. The van der Waals surface area contributed by atoms with Crippen molar-refractivity contribution < 1.29 is 9.53 Å². The first-order valence-electron chi connectivity index (χ1n) is 11.2. The first kappa shape index (κ1) is 20.5. The molecule has 2 aliphatic heterocycles. The summed E-state index contributed by atoms with van der Waals surface area (Å²) in [4.78, 5) is 27.7. The van der Waals surface area contributed by atoms with Gasteiger partial charge in [-0.15, -0.1) is 0 Å². The number of nitrogens with one attached hydrogen (secondary N) is 2. The number of allylic oxidation sites excluding steroid dienone is 2. The van der Waals surface area contributed by atoms with E-state index in [9.17, 15) is 9.59 Å². The summed E-state index contributed by atoms with van der Waals surface area (Å²) in [5.41, 5.74) is 1.80. The fraction of sp³-hybridized carbons (Fsp3) is 0.417. The van der Waals surface area contributed by atoms with Gasteiger partial charge in [-0.05, 0) is 55.9 Å². The Balaban J connectivity index is 1.22. The summed E-state index contributed by atoms with van der Waals surface area (Å²) >= 11 is 0. The highest BCUT2D eigenvalue weighted by Crippen LogP contribution is 2.31. The predicted octanol–water partition coefficient (Wildman–Crippen LogP) is 2.38. The highest BCUT2D eigenvalue weighted by Gasteiger charge is 2.30. The minimum absolute atomic E-state index is 0.000143. The molecule has 168 valence electrons. The number of hydrogen-bond acceptors (Lipinski definition) is 5. The largest absolute Gasteiger partial charge is 0.497 e. The van der Waals surface area contributed by atoms with Crippen molar-refractivity contribution in [2.45, 2.75) is 38.4 Å². The van der Waals surface area contributed by atoms with Crippen molar-refractivity contribution in [1.29, 1.82) is 0 Å². The Morgan fingerprint density at radius 3 is 2.78 bits per heavy atom. The molecule has 5 rings (SSSR count). The summed E-state index contributed by atoms with van der Waals surface area (Å²) in [6.07, 6.45) is 13.4. The number of benzene rings is 1. The monoisotopic (exact) mass is 435 g/mol. The van der Waals surface area contributed by atoms with Crippen LogP contribution in [0.15, 0.2) is 59.4 Å². The molecule has 1 saturated carbocycles. The lowest BCUT2D eigenvalue weighted by atomic mass is 9.81. The van der Waals surface area contributed by atoms with E-state index in [1.165, 1.54) is 0 Å². The van der Waals surface area contributed by atoms with E-state index < -0.39 is 0 Å². The van der Waals surface area contributed by atoms with Crippen LogP contribution in [0.25, 0.3) is 11.0 Å². The van der Waals surface area contributed by atoms with Crippen molar-refractivity contribution >= 4 is 16.9 Å². The second kappa shape index (κ2) is 8.26. The molecule has 1 amide bonds. The van der Waals surface area contributed by atoms with Gasteiger partial charge in [0.25, 0.3) is 0 Å². The lowest BCUT2D eigenvalue weighted by Gasteiger charge is -2.30. The smallest absolute Gasteiger partial charge is 0.328 e. The Morgan fingerprint density at radius 2 is 2.00 bits per heavy atom. The molecule has 32 heavy (non-hydrogen) atoms. The average Bonchev–Trinajstić information content (AvgIpc) is 3.33. The van der Waals surface area contributed by atoms with Gasteiger partial charge in [0.15, 0.2) is 0 Å². The van der Waals surface area contributed by atoms with Crippen molar-refractivity contribution in [2.75, 3.05) is 7.11 Å². The Bertz CT molecular complexity index is 1180. The molecule has 3 heterocycles. The molecule has 1 aliphatic carbocycles. The summed E-state index contributed by atoms with van der Waals surface area (Å²) in [6.45, 7) is 0.666. The molecule has 0 bridgehead atoms. The van der Waals surface area contributed by atoms with Crippen LogP contribution < -0.4 is 21.1 Å². The van der Waals surface area contributed by atoms with Crippen LogP contribution in [0.3, 0.4) is 0 Å². The summed E-state index contributed by atoms with van der Waals surface area (Å²) in [6, 6.07) is 5.73. The molecule has 1 unspecified atom stereocenters. The SMILES string of the molecule is COc1ccc2c(c1)n(CC1CCC(C(=O)NC3=CNC4C=CC=CN34)CC1)c(=O)n2C. The first-order chi connectivity index (χ1) is 15.5. The topological polar surface area (TPSA) is 80.5 Å². The van der Waals surface area contributed by atoms with Gasteiger partial charge in [-0.1, -0.05) is 6.08 Å². The average molecular weight is 436 g/mol. The number of amides is 1. The summed E-state index contributed by atoms with van der Waals surface area (Å²) in [5, 5.41) is 6.34. The number of rotatable bonds is 5. The van der Waals surface area contributed by atoms with Gasteiger partial charge in [0.05, 0.1) is 18.1 Å². The van der Waals surface area contributed by atoms with Crippen molar-refractivity contribution in [3.63, 3.8) is 0 Å². The summed E-state index contributed by atoms with van der Waals surface area (Å²) < 4.78 is 8.90. The number of fused-ring (bicyclic) bond motifs is 2. The van der Waals surface area contributed by atoms with E-state index in [-0.39, 0.29) is 23.7 Å². The van der Waals surface area contributed by atoms with Gasteiger partial charge in [-0.3, -0.25) is 13.9 Å². The van der Waals surface area contributed by atoms with Gasteiger partial charge in [0.1, 0.15) is 17.7 Å². The molecule has 2 aromatic rings. The first-order valence-corrected chi connectivity index (χ1v) is 11.2. The van der Waals surface area contributed by atoms with Gasteiger partial charge >= 0.3 is 5.69 Å². The number of nitrogens with zero attached hydrogens (tertiary/aromatic N) is 3. The van der Waals surface area contributed by atoms with Crippen molar-refractivity contribution in [2.24, 2.45) is 18.9 Å². The number of imidazole rings is 1. The minimum Gasteiger partial charge on any atom is -0.497 e. The molecule has 1 atom stereocenters. The summed E-state index contributed by atoms with van der Waals surface area (Å²) in [7, 11) is 3.44. The van der Waals surface area contributed by atoms with E-state index in [2.05, 4.69) is 10.6 Å².